The van der Waals surface area contributed by atoms with Gasteiger partial charge < -0.3 is 11.1 Å². The highest BCUT2D eigenvalue weighted by Crippen LogP contribution is 2.02. The van der Waals surface area contributed by atoms with Crippen LogP contribution in [-0.4, -0.2) is 23.8 Å². The summed E-state index contributed by atoms with van der Waals surface area (Å²) in [6, 6.07) is 0.0101. The first-order valence-electron chi connectivity index (χ1n) is 6.04. The van der Waals surface area contributed by atoms with Gasteiger partial charge in [-0.2, -0.15) is 0 Å². The molecule has 0 aliphatic heterocycles. The number of nitrogens with one attached hydrogen (secondary N) is 1. The standard InChI is InChI=1S/C10H20N2O2.C2H6/c1-4-9(13)8(12-7(2)3)5-6-10(11)14;1-2/h7-8,12H,4-6H2,1-3H3,(H2,11,14);1-2H3. The quantitative estimate of drug-likeness (QED) is 0.698. The van der Waals surface area contributed by atoms with Crippen LogP contribution in [-0.2, 0) is 9.59 Å². The summed E-state index contributed by atoms with van der Waals surface area (Å²) in [5, 5.41) is 3.13. The van der Waals surface area contributed by atoms with Gasteiger partial charge in [0, 0.05) is 18.9 Å². The highest BCUT2D eigenvalue weighted by Gasteiger charge is 2.17. The minimum Gasteiger partial charge on any atom is -0.370 e. The monoisotopic (exact) mass is 230 g/mol. The molecule has 0 heterocycles. The molecule has 4 heteroatoms. The average Bonchev–Trinajstić information content (AvgIpc) is 2.25. The Bertz CT molecular complexity index is 203. The number of carbonyl (C=O) groups is 2. The first kappa shape index (κ1) is 17.5. The number of hydrogen-bond acceptors (Lipinski definition) is 3. The van der Waals surface area contributed by atoms with Crippen molar-refractivity contribution in [1.29, 1.82) is 0 Å². The van der Waals surface area contributed by atoms with Crippen LogP contribution in [0.4, 0.5) is 0 Å². The zero-order valence-corrected chi connectivity index (χ0v) is 11.2. The van der Waals surface area contributed by atoms with Crippen LogP contribution in [0.2, 0.25) is 0 Å². The molecule has 0 aromatic carbocycles. The van der Waals surface area contributed by atoms with Crippen molar-refractivity contribution in [3.05, 3.63) is 0 Å². The fourth-order valence-electron chi connectivity index (χ4n) is 1.27. The number of ketones is 1. The van der Waals surface area contributed by atoms with E-state index < -0.39 is 0 Å². The molecule has 0 spiro atoms. The van der Waals surface area contributed by atoms with Crippen LogP contribution in [0.5, 0.6) is 0 Å². The van der Waals surface area contributed by atoms with Crippen LogP contribution in [0.15, 0.2) is 0 Å². The van der Waals surface area contributed by atoms with Gasteiger partial charge >= 0.3 is 0 Å². The molecule has 3 N–H and O–H groups in total. The molecule has 0 saturated heterocycles. The van der Waals surface area contributed by atoms with Crippen molar-refractivity contribution in [3.63, 3.8) is 0 Å². The van der Waals surface area contributed by atoms with E-state index in [1.165, 1.54) is 0 Å². The molecular formula is C12H26N2O2. The van der Waals surface area contributed by atoms with Gasteiger partial charge in [-0.25, -0.2) is 0 Å². The lowest BCUT2D eigenvalue weighted by atomic mass is 10.0. The Labute approximate surface area is 99.0 Å². The Hall–Kier alpha value is -0.900. The van der Waals surface area contributed by atoms with Gasteiger partial charge in [-0.1, -0.05) is 34.6 Å². The average molecular weight is 230 g/mol. The van der Waals surface area contributed by atoms with Gasteiger partial charge in [0.1, 0.15) is 5.78 Å². The molecule has 0 aliphatic rings. The minimum absolute atomic E-state index is 0.139. The van der Waals surface area contributed by atoms with Crippen molar-refractivity contribution in [2.45, 2.75) is 66.0 Å². The molecule has 96 valence electrons. The third kappa shape index (κ3) is 9.65. The van der Waals surface area contributed by atoms with Gasteiger partial charge in [-0.3, -0.25) is 9.59 Å². The van der Waals surface area contributed by atoms with Gasteiger partial charge in [-0.15, -0.1) is 0 Å². The van der Waals surface area contributed by atoms with Crippen LogP contribution in [0.1, 0.15) is 53.9 Å². The third-order valence-electron chi connectivity index (χ3n) is 1.95. The van der Waals surface area contributed by atoms with Crippen molar-refractivity contribution in [2.75, 3.05) is 0 Å². The molecule has 0 bridgehead atoms. The minimum atomic E-state index is -0.357. The lowest BCUT2D eigenvalue weighted by molar-refractivity contribution is -0.121. The van der Waals surface area contributed by atoms with Crippen molar-refractivity contribution < 1.29 is 9.59 Å². The first-order valence-corrected chi connectivity index (χ1v) is 6.04. The molecule has 0 rings (SSSR count). The Morgan fingerprint density at radius 1 is 1.25 bits per heavy atom. The maximum absolute atomic E-state index is 11.4. The van der Waals surface area contributed by atoms with Crippen molar-refractivity contribution in [2.24, 2.45) is 5.73 Å². The Kier molecular flexibility index (Phi) is 11.6. The Morgan fingerprint density at radius 3 is 2.06 bits per heavy atom. The number of amides is 1. The topological polar surface area (TPSA) is 72.2 Å². The maximum atomic E-state index is 11.4. The fraction of sp³-hybridized carbons (Fsp3) is 0.833. The zero-order valence-electron chi connectivity index (χ0n) is 11.2. The molecule has 0 radical (unpaired) electrons. The molecule has 0 aliphatic carbocycles. The molecule has 0 aromatic heterocycles. The van der Waals surface area contributed by atoms with E-state index in [1.54, 1.807) is 0 Å². The van der Waals surface area contributed by atoms with E-state index >= 15 is 0 Å². The lowest BCUT2D eigenvalue weighted by Gasteiger charge is -2.18. The van der Waals surface area contributed by atoms with E-state index in [-0.39, 0.29) is 30.2 Å². The molecule has 4 nitrogen and oxygen atoms in total. The zero-order chi connectivity index (χ0) is 13.1. The molecule has 16 heavy (non-hydrogen) atoms. The molecule has 1 amide bonds. The van der Waals surface area contributed by atoms with Crippen LogP contribution in [0.3, 0.4) is 0 Å². The van der Waals surface area contributed by atoms with E-state index in [9.17, 15) is 9.59 Å². The van der Waals surface area contributed by atoms with Gasteiger partial charge in [0.05, 0.1) is 6.04 Å². The van der Waals surface area contributed by atoms with E-state index in [4.69, 9.17) is 5.73 Å². The predicted molar refractivity (Wildman–Crippen MR) is 67.1 cm³/mol. The van der Waals surface area contributed by atoms with E-state index in [0.717, 1.165) is 0 Å². The highest BCUT2D eigenvalue weighted by molar-refractivity contribution is 5.84. The van der Waals surface area contributed by atoms with Gasteiger partial charge in [-0.05, 0) is 6.42 Å². The second-order valence-corrected chi connectivity index (χ2v) is 3.70. The summed E-state index contributed by atoms with van der Waals surface area (Å²) in [6.07, 6.45) is 1.25. The summed E-state index contributed by atoms with van der Waals surface area (Å²) >= 11 is 0. The van der Waals surface area contributed by atoms with Crippen molar-refractivity contribution in [3.8, 4) is 0 Å². The summed E-state index contributed by atoms with van der Waals surface area (Å²) in [7, 11) is 0. The number of rotatable bonds is 7. The van der Waals surface area contributed by atoms with Crippen molar-refractivity contribution in [1.82, 2.24) is 5.32 Å². The second-order valence-electron chi connectivity index (χ2n) is 3.70. The maximum Gasteiger partial charge on any atom is 0.217 e. The number of hydrogen-bond donors (Lipinski definition) is 2. The third-order valence-corrected chi connectivity index (χ3v) is 1.95. The second kappa shape index (κ2) is 10.6. The van der Waals surface area contributed by atoms with Crippen LogP contribution < -0.4 is 11.1 Å². The smallest absolute Gasteiger partial charge is 0.217 e. The number of carbonyl (C=O) groups excluding carboxylic acids is 2. The summed E-state index contributed by atoms with van der Waals surface area (Å²) in [6.45, 7) is 9.77. The van der Waals surface area contributed by atoms with Gasteiger partial charge in [0.2, 0.25) is 5.91 Å². The lowest BCUT2D eigenvalue weighted by Crippen LogP contribution is -2.41. The number of Topliss-reactive ketones (excluding diaryl/α,β-unsaturated/α-hetero) is 1. The van der Waals surface area contributed by atoms with E-state index in [2.05, 4.69) is 5.32 Å². The Balaban J connectivity index is 0. The Morgan fingerprint density at radius 2 is 1.75 bits per heavy atom. The van der Waals surface area contributed by atoms with Gasteiger partial charge in [0.25, 0.3) is 0 Å². The fourth-order valence-corrected chi connectivity index (χ4v) is 1.27. The van der Waals surface area contributed by atoms with Crippen LogP contribution in [0.25, 0.3) is 0 Å². The summed E-state index contributed by atoms with van der Waals surface area (Å²) in [5.74, 6) is -0.218. The van der Waals surface area contributed by atoms with Gasteiger partial charge in [0.15, 0.2) is 0 Å². The SMILES string of the molecule is CC.CCC(=O)C(CCC(N)=O)NC(C)C. The molecule has 1 unspecified atom stereocenters. The highest BCUT2D eigenvalue weighted by atomic mass is 16.1. The molecule has 0 fully saturated rings. The molecular weight excluding hydrogens is 204 g/mol. The number of nitrogens with two attached hydrogens (primary N) is 1. The molecule has 0 aromatic rings. The normalized spacial score (nSPS) is 11.6. The summed E-state index contributed by atoms with van der Waals surface area (Å²) < 4.78 is 0. The van der Waals surface area contributed by atoms with Crippen LogP contribution in [0, 0.1) is 0 Å². The molecule has 1 atom stereocenters. The van der Waals surface area contributed by atoms with E-state index in [0.29, 0.717) is 12.8 Å². The van der Waals surface area contributed by atoms with Crippen LogP contribution >= 0.6 is 0 Å². The number of primary amides is 1. The van der Waals surface area contributed by atoms with E-state index in [1.807, 2.05) is 34.6 Å². The molecule has 0 saturated carbocycles. The first-order chi connectivity index (χ1) is 7.47. The summed E-state index contributed by atoms with van der Waals surface area (Å²) in [5.41, 5.74) is 5.04. The predicted octanol–water partition coefficient (Wildman–Crippen LogP) is 1.62. The van der Waals surface area contributed by atoms with Crippen molar-refractivity contribution >= 4 is 11.7 Å². The summed E-state index contributed by atoms with van der Waals surface area (Å²) in [4.78, 5) is 22.0. The largest absolute Gasteiger partial charge is 0.370 e.